The van der Waals surface area contributed by atoms with Crippen molar-refractivity contribution < 1.29 is 9.90 Å². The average Bonchev–Trinajstić information content (AvgIpc) is 2.27. The fraction of sp³-hybridized carbons (Fsp3) is 0.917. The highest BCUT2D eigenvalue weighted by atomic mass is 35.5. The molecule has 102 valence electrons. The van der Waals surface area contributed by atoms with Crippen molar-refractivity contribution in [2.75, 3.05) is 13.1 Å². The van der Waals surface area contributed by atoms with Crippen molar-refractivity contribution in [2.24, 2.45) is 17.6 Å². The van der Waals surface area contributed by atoms with E-state index in [4.69, 9.17) is 5.73 Å². The molecule has 1 rings (SSSR count). The summed E-state index contributed by atoms with van der Waals surface area (Å²) >= 11 is 0. The average molecular weight is 265 g/mol. The van der Waals surface area contributed by atoms with Gasteiger partial charge in [-0.25, -0.2) is 0 Å². The highest BCUT2D eigenvalue weighted by Gasteiger charge is 2.28. The zero-order valence-electron chi connectivity index (χ0n) is 10.9. The lowest BCUT2D eigenvalue weighted by Gasteiger charge is -2.35. The Morgan fingerprint density at radius 3 is 2.12 bits per heavy atom. The van der Waals surface area contributed by atoms with Crippen LogP contribution in [0.25, 0.3) is 0 Å². The molecule has 0 aromatic heterocycles. The van der Waals surface area contributed by atoms with Gasteiger partial charge in [-0.1, -0.05) is 6.92 Å². The van der Waals surface area contributed by atoms with Gasteiger partial charge < -0.3 is 15.7 Å². The van der Waals surface area contributed by atoms with Crippen molar-refractivity contribution in [1.29, 1.82) is 0 Å². The van der Waals surface area contributed by atoms with E-state index in [-0.39, 0.29) is 36.4 Å². The molecule has 3 unspecified atom stereocenters. The maximum Gasteiger partial charge on any atom is 0.226 e. The fourth-order valence-corrected chi connectivity index (χ4v) is 2.12. The van der Waals surface area contributed by atoms with Crippen molar-refractivity contribution in [3.05, 3.63) is 0 Å². The van der Waals surface area contributed by atoms with Gasteiger partial charge in [0.25, 0.3) is 0 Å². The van der Waals surface area contributed by atoms with E-state index in [0.717, 1.165) is 25.9 Å². The highest BCUT2D eigenvalue weighted by molar-refractivity contribution is 5.85. The third-order valence-electron chi connectivity index (χ3n) is 3.71. The molecule has 3 N–H and O–H groups in total. The first-order valence-corrected chi connectivity index (χ1v) is 6.16. The lowest BCUT2D eigenvalue weighted by molar-refractivity contribution is -0.137. The van der Waals surface area contributed by atoms with Crippen LogP contribution in [-0.4, -0.2) is 41.1 Å². The monoisotopic (exact) mass is 264 g/mol. The zero-order chi connectivity index (χ0) is 12.3. The summed E-state index contributed by atoms with van der Waals surface area (Å²) in [6.45, 7) is 7.09. The molecule has 0 aliphatic carbocycles. The number of hydrogen-bond acceptors (Lipinski definition) is 3. The molecule has 1 fully saturated rings. The first-order chi connectivity index (χ1) is 7.43. The maximum atomic E-state index is 12.0. The second kappa shape index (κ2) is 7.19. The molecule has 0 bridgehead atoms. The van der Waals surface area contributed by atoms with Gasteiger partial charge in [0.2, 0.25) is 5.91 Å². The first-order valence-electron chi connectivity index (χ1n) is 6.16. The van der Waals surface area contributed by atoms with Gasteiger partial charge in [-0.2, -0.15) is 0 Å². The third-order valence-corrected chi connectivity index (χ3v) is 3.71. The molecule has 17 heavy (non-hydrogen) atoms. The molecule has 1 saturated heterocycles. The summed E-state index contributed by atoms with van der Waals surface area (Å²) < 4.78 is 0. The van der Waals surface area contributed by atoms with Crippen LogP contribution in [0.3, 0.4) is 0 Å². The number of nitrogens with two attached hydrogens (primary N) is 1. The van der Waals surface area contributed by atoms with Crippen LogP contribution in [0, 0.1) is 11.8 Å². The number of carbonyl (C=O) groups excluding carboxylic acids is 1. The molecule has 1 amide bonds. The number of likely N-dealkylation sites (tertiary alicyclic amines) is 1. The summed E-state index contributed by atoms with van der Waals surface area (Å²) in [4.78, 5) is 13.9. The number of amides is 1. The largest absolute Gasteiger partial charge is 0.393 e. The van der Waals surface area contributed by atoms with Crippen LogP contribution in [0.1, 0.15) is 33.6 Å². The Balaban J connectivity index is 0.00000256. The number of carbonyl (C=O) groups is 1. The molecule has 4 nitrogen and oxygen atoms in total. The van der Waals surface area contributed by atoms with Crippen LogP contribution < -0.4 is 5.73 Å². The molecule has 0 aromatic carbocycles. The minimum Gasteiger partial charge on any atom is -0.393 e. The van der Waals surface area contributed by atoms with E-state index >= 15 is 0 Å². The molecule has 0 saturated carbocycles. The Hall–Kier alpha value is -0.320. The van der Waals surface area contributed by atoms with E-state index in [1.807, 2.05) is 25.7 Å². The number of aliphatic hydroxyl groups is 1. The molecule has 5 heteroatoms. The number of halogens is 1. The Kier molecular flexibility index (Phi) is 7.05. The quantitative estimate of drug-likeness (QED) is 0.800. The zero-order valence-corrected chi connectivity index (χ0v) is 11.7. The van der Waals surface area contributed by atoms with Crippen molar-refractivity contribution >= 4 is 18.3 Å². The third kappa shape index (κ3) is 4.45. The van der Waals surface area contributed by atoms with Crippen LogP contribution in [0.5, 0.6) is 0 Å². The normalized spacial score (nSPS) is 22.5. The van der Waals surface area contributed by atoms with Crippen LogP contribution in [-0.2, 0) is 4.79 Å². The predicted molar refractivity (Wildman–Crippen MR) is 71.0 cm³/mol. The predicted octanol–water partition coefficient (Wildman–Crippen LogP) is 1.01. The van der Waals surface area contributed by atoms with E-state index in [2.05, 4.69) is 0 Å². The second-order valence-electron chi connectivity index (χ2n) is 5.05. The SMILES string of the molecule is CC(N)C(C)C(=O)N1CCC(C(C)O)CC1.Cl. The maximum absolute atomic E-state index is 12.0. The van der Waals surface area contributed by atoms with E-state index in [0.29, 0.717) is 5.92 Å². The van der Waals surface area contributed by atoms with Gasteiger partial charge in [0, 0.05) is 19.1 Å². The van der Waals surface area contributed by atoms with Gasteiger partial charge in [-0.05, 0) is 32.6 Å². The number of piperidine rings is 1. The molecular formula is C12H25ClN2O2. The topological polar surface area (TPSA) is 66.6 Å². The summed E-state index contributed by atoms with van der Waals surface area (Å²) in [7, 11) is 0. The molecule has 1 aliphatic heterocycles. The molecule has 1 aliphatic rings. The van der Waals surface area contributed by atoms with Crippen LogP contribution in [0.2, 0.25) is 0 Å². The summed E-state index contributed by atoms with van der Waals surface area (Å²) in [6.07, 6.45) is 1.53. The number of aliphatic hydroxyl groups excluding tert-OH is 1. The molecule has 0 spiro atoms. The highest BCUT2D eigenvalue weighted by Crippen LogP contribution is 2.22. The molecular weight excluding hydrogens is 240 g/mol. The van der Waals surface area contributed by atoms with Crippen LogP contribution >= 0.6 is 12.4 Å². The van der Waals surface area contributed by atoms with Crippen molar-refractivity contribution in [3.8, 4) is 0 Å². The number of rotatable bonds is 3. The summed E-state index contributed by atoms with van der Waals surface area (Å²) in [5.41, 5.74) is 5.73. The van der Waals surface area contributed by atoms with E-state index < -0.39 is 0 Å². The van der Waals surface area contributed by atoms with Gasteiger partial charge in [0.1, 0.15) is 0 Å². The van der Waals surface area contributed by atoms with Crippen molar-refractivity contribution in [2.45, 2.75) is 45.8 Å². The van der Waals surface area contributed by atoms with Crippen LogP contribution in [0.4, 0.5) is 0 Å². The standard InChI is InChI=1S/C12H24N2O2.ClH/c1-8(9(2)13)12(16)14-6-4-11(5-7-14)10(3)15;/h8-11,15H,4-7,13H2,1-3H3;1H. The lowest BCUT2D eigenvalue weighted by atomic mass is 9.91. The minimum absolute atomic E-state index is 0. The van der Waals surface area contributed by atoms with E-state index in [9.17, 15) is 9.90 Å². The van der Waals surface area contributed by atoms with E-state index in [1.165, 1.54) is 0 Å². The Labute approximate surface area is 110 Å². The fourth-order valence-electron chi connectivity index (χ4n) is 2.12. The van der Waals surface area contributed by atoms with Crippen LogP contribution in [0.15, 0.2) is 0 Å². The summed E-state index contributed by atoms with van der Waals surface area (Å²) in [5, 5.41) is 9.48. The molecule has 0 aromatic rings. The Morgan fingerprint density at radius 1 is 1.29 bits per heavy atom. The van der Waals surface area contributed by atoms with Gasteiger partial charge in [0.15, 0.2) is 0 Å². The minimum atomic E-state index is -0.261. The van der Waals surface area contributed by atoms with Gasteiger partial charge >= 0.3 is 0 Å². The van der Waals surface area contributed by atoms with Gasteiger partial charge in [-0.3, -0.25) is 4.79 Å². The summed E-state index contributed by atoms with van der Waals surface area (Å²) in [6, 6.07) is -0.0954. The van der Waals surface area contributed by atoms with Crippen molar-refractivity contribution in [1.82, 2.24) is 4.90 Å². The smallest absolute Gasteiger partial charge is 0.226 e. The van der Waals surface area contributed by atoms with E-state index in [1.54, 1.807) is 0 Å². The molecule has 0 radical (unpaired) electrons. The molecule has 1 heterocycles. The Bertz CT molecular complexity index is 239. The summed E-state index contributed by atoms with van der Waals surface area (Å²) in [5.74, 6) is 0.386. The number of hydrogen-bond donors (Lipinski definition) is 2. The molecule has 3 atom stereocenters. The van der Waals surface area contributed by atoms with Gasteiger partial charge in [0.05, 0.1) is 12.0 Å². The van der Waals surface area contributed by atoms with Crippen molar-refractivity contribution in [3.63, 3.8) is 0 Å². The first kappa shape index (κ1) is 16.7. The van der Waals surface area contributed by atoms with Gasteiger partial charge in [-0.15, -0.1) is 12.4 Å². The number of nitrogens with zero attached hydrogens (tertiary/aromatic N) is 1. The lowest BCUT2D eigenvalue weighted by Crippen LogP contribution is -2.46. The Morgan fingerprint density at radius 2 is 1.76 bits per heavy atom. The second-order valence-corrected chi connectivity index (χ2v) is 5.05.